The number of rotatable bonds is 9. The van der Waals surface area contributed by atoms with Crippen molar-refractivity contribution in [2.45, 2.75) is 69.8 Å². The standard InChI is InChI=1S/C32H41ClN2O6S/c1-20(42(34,38)39)13-21-14-26(15-21)31(40-2)28-10-7-25(28)19-35-18-24-6-9-27(33)16-22(24)5-3-4-12-41-30-11-8-23(32(36)37)17-29(30)35/h6,8-9,11,14,16-17,20-21,25,28,31H,3-5,7,10,12-13,15,18-19H2,1-2H3,(H,36,37)(H2,34,38,39)/t20?,21?,25-,28+,31-/m0/s1. The average Bonchev–Trinajstić information content (AvgIpc) is 2.93. The predicted octanol–water partition coefficient (Wildman–Crippen LogP) is 5.81. The third kappa shape index (κ3) is 6.96. The largest absolute Gasteiger partial charge is 0.491 e. The Kier molecular flexibility index (Phi) is 9.52. The Balaban J connectivity index is 1.41. The van der Waals surface area contributed by atoms with E-state index in [0.717, 1.165) is 50.8 Å². The van der Waals surface area contributed by atoms with E-state index in [4.69, 9.17) is 26.2 Å². The van der Waals surface area contributed by atoms with Crippen LogP contribution in [0, 0.1) is 17.8 Å². The van der Waals surface area contributed by atoms with Crippen LogP contribution in [0.15, 0.2) is 48.0 Å². The molecule has 2 unspecified atom stereocenters. The molecule has 0 aromatic heterocycles. The van der Waals surface area contributed by atoms with Gasteiger partial charge in [-0.2, -0.15) is 0 Å². The molecule has 2 aromatic rings. The minimum absolute atomic E-state index is 0.0270. The summed E-state index contributed by atoms with van der Waals surface area (Å²) in [6.45, 7) is 3.56. The highest BCUT2D eigenvalue weighted by molar-refractivity contribution is 7.89. The molecule has 0 spiro atoms. The number of carboxylic acid groups (broad SMARTS) is 1. The first kappa shape index (κ1) is 30.9. The SMILES string of the molecule is CO[C@@H](C1=CC(CC(C)S(N)(=O)=O)C1)[C@@H]1CC[C@H]1CN1Cc2ccc(Cl)cc2CCCCOc2ccc(C(=O)O)cc21. The van der Waals surface area contributed by atoms with E-state index in [0.29, 0.717) is 42.2 Å². The molecule has 8 nitrogen and oxygen atoms in total. The maximum Gasteiger partial charge on any atom is 0.335 e. The van der Waals surface area contributed by atoms with E-state index >= 15 is 0 Å². The van der Waals surface area contributed by atoms with Crippen LogP contribution in [0.2, 0.25) is 5.02 Å². The Morgan fingerprint density at radius 3 is 2.64 bits per heavy atom. The fraction of sp³-hybridized carbons (Fsp3) is 0.531. The summed E-state index contributed by atoms with van der Waals surface area (Å²) >= 11 is 6.39. The summed E-state index contributed by atoms with van der Waals surface area (Å²) in [4.78, 5) is 14.2. The normalized spacial score (nSPS) is 24.0. The minimum Gasteiger partial charge on any atom is -0.491 e. The molecule has 0 amide bonds. The lowest BCUT2D eigenvalue weighted by molar-refractivity contribution is 0.000581. The number of nitrogens with zero attached hydrogens (tertiary/aromatic N) is 1. The van der Waals surface area contributed by atoms with Gasteiger partial charge in [0.1, 0.15) is 5.75 Å². The van der Waals surface area contributed by atoms with E-state index in [9.17, 15) is 18.3 Å². The van der Waals surface area contributed by atoms with Crippen LogP contribution in [-0.2, 0) is 27.7 Å². The first-order valence-electron chi connectivity index (χ1n) is 14.8. The number of primary sulfonamides is 1. The number of halogens is 1. The molecule has 5 rings (SSSR count). The number of anilines is 1. The number of allylic oxidation sites excluding steroid dienone is 1. The average molecular weight is 617 g/mol. The van der Waals surface area contributed by atoms with Gasteiger partial charge in [-0.25, -0.2) is 18.4 Å². The van der Waals surface area contributed by atoms with Crippen molar-refractivity contribution in [1.82, 2.24) is 0 Å². The molecule has 1 heterocycles. The number of nitrogens with two attached hydrogens (primary N) is 1. The van der Waals surface area contributed by atoms with E-state index in [1.165, 1.54) is 16.7 Å². The lowest BCUT2D eigenvalue weighted by Gasteiger charge is -2.46. The summed E-state index contributed by atoms with van der Waals surface area (Å²) in [5.41, 5.74) is 4.64. The molecule has 1 aliphatic heterocycles. The van der Waals surface area contributed by atoms with Crippen molar-refractivity contribution in [3.8, 4) is 5.75 Å². The van der Waals surface area contributed by atoms with E-state index in [2.05, 4.69) is 17.0 Å². The zero-order chi connectivity index (χ0) is 30.0. The summed E-state index contributed by atoms with van der Waals surface area (Å²) in [6, 6.07) is 11.2. The number of aryl methyl sites for hydroxylation is 1. The fourth-order valence-electron chi connectivity index (χ4n) is 6.65. The minimum atomic E-state index is -3.54. The number of aromatic carboxylic acids is 1. The second-order valence-electron chi connectivity index (χ2n) is 12.1. The molecule has 228 valence electrons. The van der Waals surface area contributed by atoms with Crippen LogP contribution in [0.5, 0.6) is 5.75 Å². The van der Waals surface area contributed by atoms with Gasteiger partial charge in [0.25, 0.3) is 0 Å². The molecule has 1 saturated carbocycles. The summed E-state index contributed by atoms with van der Waals surface area (Å²) in [5, 5.41) is 15.3. The van der Waals surface area contributed by atoms with Gasteiger partial charge >= 0.3 is 5.97 Å². The lowest BCUT2D eigenvalue weighted by Crippen LogP contribution is -2.45. The maximum atomic E-state index is 12.0. The van der Waals surface area contributed by atoms with Crippen molar-refractivity contribution < 1.29 is 27.8 Å². The Morgan fingerprint density at radius 2 is 1.98 bits per heavy atom. The number of hydrogen-bond acceptors (Lipinski definition) is 6. The summed E-state index contributed by atoms with van der Waals surface area (Å²) < 4.78 is 35.7. The number of benzene rings is 2. The van der Waals surface area contributed by atoms with Crippen molar-refractivity contribution in [3.63, 3.8) is 0 Å². The smallest absolute Gasteiger partial charge is 0.335 e. The van der Waals surface area contributed by atoms with Crippen molar-refractivity contribution in [1.29, 1.82) is 0 Å². The summed E-state index contributed by atoms with van der Waals surface area (Å²) in [7, 11) is -1.80. The zero-order valence-electron chi connectivity index (χ0n) is 24.3. The van der Waals surface area contributed by atoms with Crippen molar-refractivity contribution in [2.75, 3.05) is 25.2 Å². The highest BCUT2D eigenvalue weighted by Crippen LogP contribution is 2.46. The van der Waals surface area contributed by atoms with Gasteiger partial charge in [0.05, 0.1) is 29.2 Å². The van der Waals surface area contributed by atoms with Gasteiger partial charge in [-0.05, 0) is 117 Å². The Labute approximate surface area is 253 Å². The molecule has 0 bridgehead atoms. The Bertz CT molecular complexity index is 1440. The molecule has 3 aliphatic rings. The molecule has 5 atom stereocenters. The molecule has 2 aliphatic carbocycles. The molecular weight excluding hydrogens is 576 g/mol. The van der Waals surface area contributed by atoms with Crippen molar-refractivity contribution >= 4 is 33.3 Å². The molecular formula is C32H41ClN2O6S. The number of carboxylic acids is 1. The molecule has 0 saturated heterocycles. The third-order valence-electron chi connectivity index (χ3n) is 9.26. The highest BCUT2D eigenvalue weighted by atomic mass is 35.5. The van der Waals surface area contributed by atoms with E-state index in [-0.39, 0.29) is 17.6 Å². The maximum absolute atomic E-state index is 12.0. The van der Waals surface area contributed by atoms with Crippen molar-refractivity contribution in [3.05, 3.63) is 69.8 Å². The quantitative estimate of drug-likeness (QED) is 0.341. The molecule has 2 aromatic carbocycles. The van der Waals surface area contributed by atoms with Crippen LogP contribution in [0.3, 0.4) is 0 Å². The first-order chi connectivity index (χ1) is 20.0. The topological polar surface area (TPSA) is 119 Å². The van der Waals surface area contributed by atoms with Gasteiger partial charge < -0.3 is 19.5 Å². The van der Waals surface area contributed by atoms with Gasteiger partial charge in [0, 0.05) is 25.2 Å². The molecule has 10 heteroatoms. The fourth-order valence-corrected chi connectivity index (χ4v) is 7.36. The van der Waals surface area contributed by atoms with E-state index in [1.54, 1.807) is 32.2 Å². The van der Waals surface area contributed by atoms with Gasteiger partial charge in [0.2, 0.25) is 10.0 Å². The van der Waals surface area contributed by atoms with Gasteiger partial charge in [0.15, 0.2) is 0 Å². The van der Waals surface area contributed by atoms with Gasteiger partial charge in [-0.3, -0.25) is 0 Å². The number of methoxy groups -OCH3 is 1. The second-order valence-corrected chi connectivity index (χ2v) is 14.5. The summed E-state index contributed by atoms with van der Waals surface area (Å²) in [5.74, 6) is 0.569. The van der Waals surface area contributed by atoms with Crippen LogP contribution in [0.4, 0.5) is 5.69 Å². The molecule has 0 radical (unpaired) electrons. The number of sulfonamides is 1. The Hall–Kier alpha value is -2.59. The lowest BCUT2D eigenvalue weighted by atomic mass is 9.65. The van der Waals surface area contributed by atoms with Crippen LogP contribution in [-0.4, -0.2) is 51.1 Å². The predicted molar refractivity (Wildman–Crippen MR) is 165 cm³/mol. The zero-order valence-corrected chi connectivity index (χ0v) is 25.9. The first-order valence-corrected chi connectivity index (χ1v) is 16.8. The Morgan fingerprint density at radius 1 is 1.19 bits per heavy atom. The van der Waals surface area contributed by atoms with Gasteiger partial charge in [-0.1, -0.05) is 23.7 Å². The monoisotopic (exact) mass is 616 g/mol. The third-order valence-corrected chi connectivity index (χ3v) is 10.8. The molecule has 42 heavy (non-hydrogen) atoms. The van der Waals surface area contributed by atoms with Crippen LogP contribution >= 0.6 is 11.6 Å². The molecule has 3 N–H and O–H groups in total. The summed E-state index contributed by atoms with van der Waals surface area (Å²) in [6.07, 6.45) is 8.33. The van der Waals surface area contributed by atoms with E-state index < -0.39 is 21.2 Å². The van der Waals surface area contributed by atoms with Crippen LogP contribution in [0.25, 0.3) is 0 Å². The van der Waals surface area contributed by atoms with Crippen LogP contribution in [0.1, 0.15) is 66.9 Å². The number of ether oxygens (including phenoxy) is 2. The molecule has 1 fully saturated rings. The highest BCUT2D eigenvalue weighted by Gasteiger charge is 2.42. The second kappa shape index (κ2) is 13.0. The van der Waals surface area contributed by atoms with Crippen molar-refractivity contribution in [2.24, 2.45) is 22.9 Å². The van der Waals surface area contributed by atoms with Gasteiger partial charge in [-0.15, -0.1) is 0 Å². The van der Waals surface area contributed by atoms with Crippen LogP contribution < -0.4 is 14.8 Å². The number of hydrogen-bond donors (Lipinski definition) is 2. The number of fused-ring (bicyclic) bond motifs is 2. The van der Waals surface area contributed by atoms with E-state index in [1.807, 2.05) is 12.1 Å². The number of carbonyl (C=O) groups is 1.